The molecule has 0 saturated heterocycles. The summed E-state index contributed by atoms with van der Waals surface area (Å²) in [6.45, 7) is 2.74. The first-order chi connectivity index (χ1) is 8.69. The van der Waals surface area contributed by atoms with Crippen molar-refractivity contribution in [1.29, 1.82) is 0 Å². The number of hydrogen-bond donors (Lipinski definition) is 1. The molecule has 0 heterocycles. The van der Waals surface area contributed by atoms with Gasteiger partial charge in [0, 0.05) is 16.3 Å². The Kier molecular flexibility index (Phi) is 4.39. The van der Waals surface area contributed by atoms with Crippen LogP contribution in [0.1, 0.15) is 11.1 Å². The van der Waals surface area contributed by atoms with Crippen LogP contribution in [0.4, 0.5) is 4.39 Å². The van der Waals surface area contributed by atoms with Crippen molar-refractivity contribution in [2.75, 3.05) is 7.05 Å². The zero-order chi connectivity index (χ0) is 13.0. The Morgan fingerprint density at radius 3 is 2.50 bits per heavy atom. The first-order valence-corrected chi connectivity index (χ1v) is 6.68. The summed E-state index contributed by atoms with van der Waals surface area (Å²) < 4.78 is 13.2. The van der Waals surface area contributed by atoms with Crippen molar-refractivity contribution in [1.82, 2.24) is 5.32 Å². The second-order valence-corrected chi connectivity index (χ2v) is 5.31. The molecule has 1 nitrogen and oxygen atoms in total. The normalized spacial score (nSPS) is 10.6. The van der Waals surface area contributed by atoms with Crippen LogP contribution in [0.2, 0.25) is 0 Å². The smallest absolute Gasteiger partial charge is 0.123 e. The summed E-state index contributed by atoms with van der Waals surface area (Å²) in [5.74, 6) is -0.187. The number of aryl methyl sites for hydroxylation is 1. The first kappa shape index (κ1) is 13.1. The van der Waals surface area contributed by atoms with Gasteiger partial charge in [-0.05, 0) is 49.9 Å². The lowest BCUT2D eigenvalue weighted by atomic mass is 10.2. The Morgan fingerprint density at radius 1 is 1.11 bits per heavy atom. The molecule has 3 heteroatoms. The molecular formula is C15H16FNS. The van der Waals surface area contributed by atoms with Gasteiger partial charge in [-0.2, -0.15) is 0 Å². The van der Waals surface area contributed by atoms with E-state index in [1.165, 1.54) is 16.5 Å². The van der Waals surface area contributed by atoms with E-state index >= 15 is 0 Å². The molecule has 0 amide bonds. The molecule has 2 aromatic carbocycles. The second-order valence-electron chi connectivity index (χ2n) is 4.20. The zero-order valence-electron chi connectivity index (χ0n) is 10.5. The van der Waals surface area contributed by atoms with Gasteiger partial charge in [0.2, 0.25) is 0 Å². The molecule has 0 bridgehead atoms. The highest BCUT2D eigenvalue weighted by Crippen LogP contribution is 2.31. The predicted molar refractivity (Wildman–Crippen MR) is 74.5 cm³/mol. The Labute approximate surface area is 111 Å². The van der Waals surface area contributed by atoms with Crippen LogP contribution in [0.5, 0.6) is 0 Å². The van der Waals surface area contributed by atoms with E-state index in [1.807, 2.05) is 13.1 Å². The van der Waals surface area contributed by atoms with Gasteiger partial charge in [-0.1, -0.05) is 29.5 Å². The molecule has 2 rings (SSSR count). The Morgan fingerprint density at radius 2 is 1.83 bits per heavy atom. The van der Waals surface area contributed by atoms with Crippen molar-refractivity contribution in [3.05, 3.63) is 59.4 Å². The molecule has 1 N–H and O–H groups in total. The molecule has 0 atom stereocenters. The summed E-state index contributed by atoms with van der Waals surface area (Å²) in [6.07, 6.45) is 0. The Hall–Kier alpha value is -1.32. The molecule has 0 saturated carbocycles. The van der Waals surface area contributed by atoms with Crippen molar-refractivity contribution >= 4 is 11.8 Å². The minimum Gasteiger partial charge on any atom is -0.316 e. The van der Waals surface area contributed by atoms with E-state index in [-0.39, 0.29) is 5.82 Å². The van der Waals surface area contributed by atoms with Gasteiger partial charge in [0.05, 0.1) is 0 Å². The van der Waals surface area contributed by atoms with Crippen LogP contribution in [0.15, 0.2) is 52.3 Å². The summed E-state index contributed by atoms with van der Waals surface area (Å²) in [5.41, 5.74) is 2.23. The van der Waals surface area contributed by atoms with Crippen molar-refractivity contribution in [3.8, 4) is 0 Å². The maximum absolute atomic E-state index is 13.2. The van der Waals surface area contributed by atoms with Crippen LogP contribution in [-0.4, -0.2) is 7.05 Å². The monoisotopic (exact) mass is 261 g/mol. The number of benzene rings is 2. The molecule has 0 aromatic heterocycles. The average molecular weight is 261 g/mol. The van der Waals surface area contributed by atoms with E-state index in [2.05, 4.69) is 36.5 Å². The summed E-state index contributed by atoms with van der Waals surface area (Å²) in [7, 11) is 1.87. The molecule has 0 fully saturated rings. The fourth-order valence-electron chi connectivity index (χ4n) is 1.71. The Balaban J connectivity index is 2.25. The van der Waals surface area contributed by atoms with Gasteiger partial charge in [0.15, 0.2) is 0 Å². The number of halogens is 1. The highest BCUT2D eigenvalue weighted by Gasteiger charge is 2.05. The van der Waals surface area contributed by atoms with E-state index in [0.717, 1.165) is 10.5 Å². The van der Waals surface area contributed by atoms with E-state index in [4.69, 9.17) is 0 Å². The van der Waals surface area contributed by atoms with Crippen LogP contribution in [0, 0.1) is 12.7 Å². The quantitative estimate of drug-likeness (QED) is 0.892. The molecule has 18 heavy (non-hydrogen) atoms. The molecule has 2 aromatic rings. The standard InChI is InChI=1S/C15H16FNS/c1-11-3-6-14(7-4-11)18-15-8-5-13(16)9-12(15)10-17-2/h3-9,17H,10H2,1-2H3. The number of nitrogens with one attached hydrogen (secondary N) is 1. The van der Waals surface area contributed by atoms with Crippen LogP contribution < -0.4 is 5.32 Å². The van der Waals surface area contributed by atoms with E-state index in [9.17, 15) is 4.39 Å². The molecular weight excluding hydrogens is 245 g/mol. The zero-order valence-corrected chi connectivity index (χ0v) is 11.4. The van der Waals surface area contributed by atoms with Crippen LogP contribution >= 0.6 is 11.8 Å². The SMILES string of the molecule is CNCc1cc(F)ccc1Sc1ccc(C)cc1. The topological polar surface area (TPSA) is 12.0 Å². The molecule has 0 aliphatic heterocycles. The van der Waals surface area contributed by atoms with Crippen molar-refractivity contribution in [2.24, 2.45) is 0 Å². The number of hydrogen-bond acceptors (Lipinski definition) is 2. The van der Waals surface area contributed by atoms with Crippen molar-refractivity contribution in [3.63, 3.8) is 0 Å². The minimum absolute atomic E-state index is 0.187. The Bertz CT molecular complexity index is 523. The van der Waals surface area contributed by atoms with Gasteiger partial charge in [-0.15, -0.1) is 0 Å². The first-order valence-electron chi connectivity index (χ1n) is 5.86. The van der Waals surface area contributed by atoms with Crippen molar-refractivity contribution in [2.45, 2.75) is 23.3 Å². The third kappa shape index (κ3) is 3.34. The lowest BCUT2D eigenvalue weighted by molar-refractivity contribution is 0.621. The average Bonchev–Trinajstić information content (AvgIpc) is 2.36. The van der Waals surface area contributed by atoms with E-state index in [1.54, 1.807) is 17.8 Å². The summed E-state index contributed by atoms with van der Waals surface area (Å²) in [4.78, 5) is 2.26. The fourth-order valence-corrected chi connectivity index (χ4v) is 2.63. The molecule has 0 spiro atoms. The molecule has 94 valence electrons. The molecule has 0 radical (unpaired) electrons. The second kappa shape index (κ2) is 6.03. The van der Waals surface area contributed by atoms with Gasteiger partial charge < -0.3 is 5.32 Å². The highest BCUT2D eigenvalue weighted by molar-refractivity contribution is 7.99. The van der Waals surface area contributed by atoms with Crippen LogP contribution in [0.3, 0.4) is 0 Å². The van der Waals surface area contributed by atoms with Crippen LogP contribution in [-0.2, 0) is 6.54 Å². The van der Waals surface area contributed by atoms with E-state index < -0.39 is 0 Å². The minimum atomic E-state index is -0.187. The molecule has 0 aliphatic rings. The van der Waals surface area contributed by atoms with Gasteiger partial charge in [-0.25, -0.2) is 4.39 Å². The van der Waals surface area contributed by atoms with Gasteiger partial charge in [0.25, 0.3) is 0 Å². The largest absolute Gasteiger partial charge is 0.316 e. The molecule has 0 unspecified atom stereocenters. The maximum Gasteiger partial charge on any atom is 0.123 e. The summed E-state index contributed by atoms with van der Waals surface area (Å²) >= 11 is 1.66. The van der Waals surface area contributed by atoms with Gasteiger partial charge >= 0.3 is 0 Å². The highest BCUT2D eigenvalue weighted by atomic mass is 32.2. The third-order valence-electron chi connectivity index (χ3n) is 2.64. The molecule has 0 aliphatic carbocycles. The fraction of sp³-hybridized carbons (Fsp3) is 0.200. The lowest BCUT2D eigenvalue weighted by Crippen LogP contribution is -2.06. The van der Waals surface area contributed by atoms with E-state index in [0.29, 0.717) is 6.54 Å². The maximum atomic E-state index is 13.2. The summed E-state index contributed by atoms with van der Waals surface area (Å²) in [5, 5.41) is 3.07. The lowest BCUT2D eigenvalue weighted by Gasteiger charge is -2.09. The van der Waals surface area contributed by atoms with Crippen molar-refractivity contribution < 1.29 is 4.39 Å². The van der Waals surface area contributed by atoms with Crippen LogP contribution in [0.25, 0.3) is 0 Å². The third-order valence-corrected chi connectivity index (χ3v) is 3.76. The number of rotatable bonds is 4. The summed E-state index contributed by atoms with van der Waals surface area (Å²) in [6, 6.07) is 13.3. The predicted octanol–water partition coefficient (Wildman–Crippen LogP) is 4.00. The van der Waals surface area contributed by atoms with Gasteiger partial charge in [-0.3, -0.25) is 0 Å². The van der Waals surface area contributed by atoms with Gasteiger partial charge in [0.1, 0.15) is 5.82 Å².